The van der Waals surface area contributed by atoms with Crippen LogP contribution in [-0.2, 0) is 14.3 Å². The van der Waals surface area contributed by atoms with Gasteiger partial charge >= 0.3 is 5.97 Å². The first-order chi connectivity index (χ1) is 7.77. The fourth-order valence-electron chi connectivity index (χ4n) is 1.96. The zero-order chi connectivity index (χ0) is 11.8. The second-order valence-corrected chi connectivity index (χ2v) is 4.27. The zero-order valence-electron chi connectivity index (χ0n) is 10.3. The number of carbonyl (C=O) groups is 1. The Morgan fingerprint density at radius 2 is 2.12 bits per heavy atom. The Hall–Kier alpha value is -0.610. The van der Waals surface area contributed by atoms with Gasteiger partial charge in [0, 0.05) is 0 Å². The predicted octanol–water partition coefficient (Wildman–Crippen LogP) is 1.49. The van der Waals surface area contributed by atoms with Crippen molar-refractivity contribution in [1.82, 2.24) is 5.32 Å². The van der Waals surface area contributed by atoms with Crippen LogP contribution >= 0.6 is 0 Å². The van der Waals surface area contributed by atoms with E-state index in [1.807, 2.05) is 0 Å². The van der Waals surface area contributed by atoms with E-state index in [0.29, 0.717) is 12.7 Å². The Morgan fingerprint density at radius 3 is 2.69 bits per heavy atom. The molecule has 0 bridgehead atoms. The highest BCUT2D eigenvalue weighted by atomic mass is 16.5. The summed E-state index contributed by atoms with van der Waals surface area (Å²) in [5.41, 5.74) is 0. The van der Waals surface area contributed by atoms with Gasteiger partial charge in [0.1, 0.15) is 6.04 Å². The van der Waals surface area contributed by atoms with Crippen LogP contribution in [0.25, 0.3) is 0 Å². The van der Waals surface area contributed by atoms with E-state index in [2.05, 4.69) is 12.2 Å². The molecule has 1 fully saturated rings. The highest BCUT2D eigenvalue weighted by Crippen LogP contribution is 2.20. The first-order valence-electron chi connectivity index (χ1n) is 6.20. The summed E-state index contributed by atoms with van der Waals surface area (Å²) in [5, 5.41) is 3.14. The first kappa shape index (κ1) is 13.5. The number of ether oxygens (including phenoxy) is 2. The van der Waals surface area contributed by atoms with Crippen molar-refractivity contribution in [3.63, 3.8) is 0 Å². The van der Waals surface area contributed by atoms with E-state index in [1.165, 1.54) is 20.0 Å². The molecule has 0 aliphatic heterocycles. The minimum absolute atomic E-state index is 0.230. The van der Waals surface area contributed by atoms with Crippen molar-refractivity contribution in [2.24, 2.45) is 0 Å². The van der Waals surface area contributed by atoms with Gasteiger partial charge in [0.25, 0.3) is 0 Å². The number of esters is 1. The van der Waals surface area contributed by atoms with E-state index < -0.39 is 0 Å². The van der Waals surface area contributed by atoms with Crippen molar-refractivity contribution in [2.45, 2.75) is 51.2 Å². The van der Waals surface area contributed by atoms with Crippen LogP contribution in [0.1, 0.15) is 39.0 Å². The fourth-order valence-corrected chi connectivity index (χ4v) is 1.96. The number of hydrogen-bond donors (Lipinski definition) is 1. The van der Waals surface area contributed by atoms with Gasteiger partial charge < -0.3 is 14.8 Å². The van der Waals surface area contributed by atoms with Crippen molar-refractivity contribution >= 4 is 5.97 Å². The standard InChI is InChI=1S/C12H23NO3/c1-3-8-13-11(12(14)15-2)9-16-10-6-4-5-7-10/h10-11,13H,3-9H2,1-2H3. The maximum absolute atomic E-state index is 11.5. The fraction of sp³-hybridized carbons (Fsp3) is 0.917. The second kappa shape index (κ2) is 7.63. The zero-order valence-corrected chi connectivity index (χ0v) is 10.3. The molecule has 0 radical (unpaired) electrons. The molecule has 0 aromatic heterocycles. The van der Waals surface area contributed by atoms with Gasteiger partial charge in [0.15, 0.2) is 0 Å². The number of nitrogens with one attached hydrogen (secondary N) is 1. The Labute approximate surface area is 97.7 Å². The molecule has 1 aliphatic carbocycles. The third-order valence-electron chi connectivity index (χ3n) is 2.93. The largest absolute Gasteiger partial charge is 0.468 e. The highest BCUT2D eigenvalue weighted by Gasteiger charge is 2.22. The third kappa shape index (κ3) is 4.49. The molecule has 4 nitrogen and oxygen atoms in total. The summed E-state index contributed by atoms with van der Waals surface area (Å²) in [6, 6.07) is -0.314. The summed E-state index contributed by atoms with van der Waals surface area (Å²) in [4.78, 5) is 11.5. The normalized spacial score (nSPS) is 18.6. The monoisotopic (exact) mass is 229 g/mol. The Balaban J connectivity index is 2.27. The van der Waals surface area contributed by atoms with Crippen LogP contribution in [-0.4, -0.2) is 38.4 Å². The van der Waals surface area contributed by atoms with Crippen molar-refractivity contribution in [2.75, 3.05) is 20.3 Å². The summed E-state index contributed by atoms with van der Waals surface area (Å²) in [5.74, 6) is -0.230. The molecule has 0 spiro atoms. The van der Waals surface area contributed by atoms with Crippen LogP contribution in [0, 0.1) is 0 Å². The minimum Gasteiger partial charge on any atom is -0.468 e. The molecular weight excluding hydrogens is 206 g/mol. The van der Waals surface area contributed by atoms with Gasteiger partial charge in [-0.1, -0.05) is 19.8 Å². The van der Waals surface area contributed by atoms with Gasteiger partial charge in [-0.2, -0.15) is 0 Å². The lowest BCUT2D eigenvalue weighted by molar-refractivity contribution is -0.145. The van der Waals surface area contributed by atoms with Gasteiger partial charge in [0.05, 0.1) is 19.8 Å². The first-order valence-corrected chi connectivity index (χ1v) is 6.20. The number of hydrogen-bond acceptors (Lipinski definition) is 4. The summed E-state index contributed by atoms with van der Waals surface area (Å²) in [7, 11) is 1.42. The second-order valence-electron chi connectivity index (χ2n) is 4.27. The summed E-state index contributed by atoms with van der Waals surface area (Å²) in [6.07, 6.45) is 6.09. The quantitative estimate of drug-likeness (QED) is 0.672. The lowest BCUT2D eigenvalue weighted by atomic mass is 10.2. The Kier molecular flexibility index (Phi) is 6.42. The van der Waals surface area contributed by atoms with E-state index in [-0.39, 0.29) is 12.0 Å². The molecule has 0 saturated heterocycles. The van der Waals surface area contributed by atoms with Crippen molar-refractivity contribution < 1.29 is 14.3 Å². The van der Waals surface area contributed by atoms with Gasteiger partial charge in [-0.05, 0) is 25.8 Å². The molecule has 0 amide bonds. The van der Waals surface area contributed by atoms with E-state index >= 15 is 0 Å². The number of carbonyl (C=O) groups excluding carboxylic acids is 1. The van der Waals surface area contributed by atoms with Crippen LogP contribution in [0.5, 0.6) is 0 Å². The number of rotatable bonds is 7. The van der Waals surface area contributed by atoms with E-state index in [4.69, 9.17) is 9.47 Å². The molecule has 0 aromatic rings. The number of methoxy groups -OCH3 is 1. The van der Waals surface area contributed by atoms with Gasteiger partial charge in [-0.25, -0.2) is 0 Å². The van der Waals surface area contributed by atoms with Crippen LogP contribution < -0.4 is 5.32 Å². The average molecular weight is 229 g/mol. The van der Waals surface area contributed by atoms with Crippen molar-refractivity contribution in [1.29, 1.82) is 0 Å². The summed E-state index contributed by atoms with van der Waals surface area (Å²) >= 11 is 0. The molecule has 1 atom stereocenters. The molecule has 1 unspecified atom stereocenters. The summed E-state index contributed by atoms with van der Waals surface area (Å²) < 4.78 is 10.5. The smallest absolute Gasteiger partial charge is 0.325 e. The molecule has 16 heavy (non-hydrogen) atoms. The van der Waals surface area contributed by atoms with Gasteiger partial charge in [-0.15, -0.1) is 0 Å². The molecular formula is C12H23NO3. The molecule has 1 aliphatic rings. The van der Waals surface area contributed by atoms with Crippen molar-refractivity contribution in [3.05, 3.63) is 0 Å². The molecule has 0 aromatic carbocycles. The maximum Gasteiger partial charge on any atom is 0.325 e. The Morgan fingerprint density at radius 1 is 1.44 bits per heavy atom. The van der Waals surface area contributed by atoms with Crippen molar-refractivity contribution in [3.8, 4) is 0 Å². The summed E-state index contributed by atoms with van der Waals surface area (Å²) in [6.45, 7) is 3.31. The molecule has 1 N–H and O–H groups in total. The predicted molar refractivity (Wildman–Crippen MR) is 62.3 cm³/mol. The van der Waals surface area contributed by atoms with Crippen LogP contribution in [0.3, 0.4) is 0 Å². The third-order valence-corrected chi connectivity index (χ3v) is 2.93. The average Bonchev–Trinajstić information content (AvgIpc) is 2.81. The SMILES string of the molecule is CCCNC(COC1CCCC1)C(=O)OC. The topological polar surface area (TPSA) is 47.6 Å². The van der Waals surface area contributed by atoms with Gasteiger partial charge in [-0.3, -0.25) is 4.79 Å². The molecule has 1 rings (SSSR count). The van der Waals surface area contributed by atoms with Crippen LogP contribution in [0.15, 0.2) is 0 Å². The molecule has 1 saturated carbocycles. The van der Waals surface area contributed by atoms with Crippen LogP contribution in [0.2, 0.25) is 0 Å². The molecule has 4 heteroatoms. The van der Waals surface area contributed by atoms with Gasteiger partial charge in [0.2, 0.25) is 0 Å². The van der Waals surface area contributed by atoms with Crippen LogP contribution in [0.4, 0.5) is 0 Å². The lowest BCUT2D eigenvalue weighted by Crippen LogP contribution is -2.42. The van der Waals surface area contributed by atoms with E-state index in [0.717, 1.165) is 25.8 Å². The molecule has 0 heterocycles. The Bertz CT molecular complexity index is 202. The van der Waals surface area contributed by atoms with E-state index in [1.54, 1.807) is 0 Å². The lowest BCUT2D eigenvalue weighted by Gasteiger charge is -2.18. The molecule has 94 valence electrons. The highest BCUT2D eigenvalue weighted by molar-refractivity contribution is 5.75. The van der Waals surface area contributed by atoms with E-state index in [9.17, 15) is 4.79 Å². The minimum atomic E-state index is -0.314. The maximum atomic E-state index is 11.5.